The second-order valence-corrected chi connectivity index (χ2v) is 3.55. The number of carbonyl (C=O) groups excluding carboxylic acids is 1. The fourth-order valence-electron chi connectivity index (χ4n) is 1.06. The lowest BCUT2D eigenvalue weighted by Crippen LogP contribution is -2.20. The first-order chi connectivity index (χ1) is 4.58. The van der Waals surface area contributed by atoms with Crippen LogP contribution in [0.15, 0.2) is 0 Å². The number of ether oxygens (including phenoxy) is 1. The molecule has 2 atom stereocenters. The molecule has 0 spiro atoms. The Morgan fingerprint density at radius 1 is 1.90 bits per heavy atom. The molecule has 2 unspecified atom stereocenters. The Morgan fingerprint density at radius 3 is 2.70 bits per heavy atom. The van der Waals surface area contributed by atoms with E-state index in [0.29, 0.717) is 0 Å². The highest BCUT2D eigenvalue weighted by molar-refractivity contribution is 7.80. The Labute approximate surface area is 66.4 Å². The molecule has 0 saturated carbocycles. The van der Waals surface area contributed by atoms with Crippen LogP contribution in [0.5, 0.6) is 0 Å². The van der Waals surface area contributed by atoms with E-state index in [1.54, 1.807) is 0 Å². The quantitative estimate of drug-likeness (QED) is 0.466. The summed E-state index contributed by atoms with van der Waals surface area (Å²) in [6, 6.07) is 0. The molecule has 1 fully saturated rings. The monoisotopic (exact) mass is 160 g/mol. The van der Waals surface area contributed by atoms with Crippen LogP contribution >= 0.6 is 12.6 Å². The predicted molar refractivity (Wildman–Crippen MR) is 41.9 cm³/mol. The normalized spacial score (nSPS) is 39.9. The summed E-state index contributed by atoms with van der Waals surface area (Å²) >= 11 is 4.08. The van der Waals surface area contributed by atoms with E-state index in [-0.39, 0.29) is 16.8 Å². The van der Waals surface area contributed by atoms with Gasteiger partial charge in [0, 0.05) is 6.42 Å². The van der Waals surface area contributed by atoms with Gasteiger partial charge in [0.05, 0.1) is 5.41 Å². The third kappa shape index (κ3) is 1.15. The van der Waals surface area contributed by atoms with Crippen molar-refractivity contribution in [3.63, 3.8) is 0 Å². The van der Waals surface area contributed by atoms with Crippen molar-refractivity contribution in [2.75, 3.05) is 0 Å². The molecule has 1 rings (SSSR count). The van der Waals surface area contributed by atoms with Crippen molar-refractivity contribution in [2.24, 2.45) is 5.41 Å². The van der Waals surface area contributed by atoms with Crippen molar-refractivity contribution in [1.82, 2.24) is 0 Å². The molecule has 2 nitrogen and oxygen atoms in total. The smallest absolute Gasteiger partial charge is 0.313 e. The van der Waals surface area contributed by atoms with E-state index in [1.165, 1.54) is 0 Å². The Hall–Kier alpha value is -0.180. The largest absolute Gasteiger partial charge is 0.451 e. The maximum absolute atomic E-state index is 11.1. The van der Waals surface area contributed by atoms with Crippen LogP contribution < -0.4 is 0 Å². The molecule has 0 aromatic carbocycles. The minimum atomic E-state index is -0.271. The molecule has 0 amide bonds. The molecule has 0 aromatic rings. The number of hydrogen-bond acceptors (Lipinski definition) is 3. The third-order valence-corrected chi connectivity index (χ3v) is 2.43. The van der Waals surface area contributed by atoms with Gasteiger partial charge >= 0.3 is 5.97 Å². The number of esters is 1. The molecule has 10 heavy (non-hydrogen) atoms. The highest BCUT2D eigenvalue weighted by Crippen LogP contribution is 2.37. The van der Waals surface area contributed by atoms with E-state index in [9.17, 15) is 4.79 Å². The molecular weight excluding hydrogens is 148 g/mol. The molecule has 1 saturated heterocycles. The summed E-state index contributed by atoms with van der Waals surface area (Å²) in [5.41, 5.74) is -0.454. The Morgan fingerprint density at radius 2 is 2.50 bits per heavy atom. The highest BCUT2D eigenvalue weighted by atomic mass is 32.1. The van der Waals surface area contributed by atoms with Gasteiger partial charge in [-0.1, -0.05) is 6.92 Å². The van der Waals surface area contributed by atoms with E-state index in [2.05, 4.69) is 12.6 Å². The summed E-state index contributed by atoms with van der Waals surface area (Å²) in [7, 11) is 0. The summed E-state index contributed by atoms with van der Waals surface area (Å²) in [4.78, 5) is 11.1. The Bertz CT molecular complexity index is 158. The lowest BCUT2D eigenvalue weighted by atomic mass is 9.86. The Kier molecular flexibility index (Phi) is 1.95. The highest BCUT2D eigenvalue weighted by Gasteiger charge is 2.42. The van der Waals surface area contributed by atoms with Gasteiger partial charge in [-0.25, -0.2) is 0 Å². The molecule has 3 heteroatoms. The summed E-state index contributed by atoms with van der Waals surface area (Å²) < 4.78 is 4.89. The molecule has 1 aliphatic rings. The van der Waals surface area contributed by atoms with E-state index in [4.69, 9.17) is 4.74 Å². The average Bonchev–Trinajstić information content (AvgIpc) is 2.09. The summed E-state index contributed by atoms with van der Waals surface area (Å²) in [6.07, 6.45) is 1.58. The van der Waals surface area contributed by atoms with Crippen molar-refractivity contribution in [1.29, 1.82) is 0 Å². The van der Waals surface area contributed by atoms with Crippen LogP contribution in [0.3, 0.4) is 0 Å². The van der Waals surface area contributed by atoms with Gasteiger partial charge in [-0.05, 0) is 13.3 Å². The standard InChI is InChI=1S/C7H12O2S/c1-3-7(2)4-5(10)9-6(7)8/h5,10H,3-4H2,1-2H3. The van der Waals surface area contributed by atoms with Gasteiger partial charge in [-0.15, -0.1) is 12.6 Å². The third-order valence-electron chi connectivity index (χ3n) is 2.14. The summed E-state index contributed by atoms with van der Waals surface area (Å²) in [5, 5.41) is 0. The molecule has 0 N–H and O–H groups in total. The van der Waals surface area contributed by atoms with Crippen LogP contribution in [-0.2, 0) is 9.53 Å². The minimum Gasteiger partial charge on any atom is -0.451 e. The van der Waals surface area contributed by atoms with Crippen LogP contribution in [0.2, 0.25) is 0 Å². The molecule has 1 aliphatic heterocycles. The number of thiol groups is 1. The second-order valence-electron chi connectivity index (χ2n) is 2.98. The number of rotatable bonds is 1. The second kappa shape index (κ2) is 2.46. The lowest BCUT2D eigenvalue weighted by Gasteiger charge is -2.14. The van der Waals surface area contributed by atoms with Crippen molar-refractivity contribution in [3.05, 3.63) is 0 Å². The zero-order valence-electron chi connectivity index (χ0n) is 6.26. The zero-order valence-corrected chi connectivity index (χ0v) is 7.15. The molecule has 0 radical (unpaired) electrons. The molecule has 58 valence electrons. The molecule has 1 heterocycles. The van der Waals surface area contributed by atoms with Crippen LogP contribution in [0.25, 0.3) is 0 Å². The SMILES string of the molecule is CCC1(C)CC(S)OC1=O. The maximum atomic E-state index is 11.1. The van der Waals surface area contributed by atoms with E-state index < -0.39 is 0 Å². The first-order valence-electron chi connectivity index (χ1n) is 3.47. The number of hydrogen-bond donors (Lipinski definition) is 1. The van der Waals surface area contributed by atoms with Crippen molar-refractivity contribution < 1.29 is 9.53 Å². The van der Waals surface area contributed by atoms with Gasteiger partial charge in [0.2, 0.25) is 0 Å². The predicted octanol–water partition coefficient (Wildman–Crippen LogP) is 1.61. The van der Waals surface area contributed by atoms with E-state index >= 15 is 0 Å². The number of cyclic esters (lactones) is 1. The van der Waals surface area contributed by atoms with Crippen molar-refractivity contribution in [2.45, 2.75) is 32.1 Å². The van der Waals surface area contributed by atoms with Crippen LogP contribution in [-0.4, -0.2) is 11.4 Å². The van der Waals surface area contributed by atoms with Crippen LogP contribution in [0, 0.1) is 5.41 Å². The summed E-state index contributed by atoms with van der Waals surface area (Å²) in [6.45, 7) is 3.92. The van der Waals surface area contributed by atoms with Crippen molar-refractivity contribution >= 4 is 18.6 Å². The first-order valence-corrected chi connectivity index (χ1v) is 3.99. The van der Waals surface area contributed by atoms with Gasteiger partial charge in [0.1, 0.15) is 5.44 Å². The minimum absolute atomic E-state index is 0.102. The molecular formula is C7H12O2S. The fourth-order valence-corrected chi connectivity index (χ4v) is 1.56. The molecule has 0 aromatic heterocycles. The van der Waals surface area contributed by atoms with Gasteiger partial charge in [-0.3, -0.25) is 4.79 Å². The zero-order chi connectivity index (χ0) is 7.78. The van der Waals surface area contributed by atoms with E-state index in [0.717, 1.165) is 12.8 Å². The molecule has 0 aliphatic carbocycles. The van der Waals surface area contributed by atoms with Gasteiger partial charge < -0.3 is 4.74 Å². The molecule has 0 bridgehead atoms. The topological polar surface area (TPSA) is 26.3 Å². The maximum Gasteiger partial charge on any atom is 0.313 e. The Balaban J connectivity index is 2.70. The van der Waals surface area contributed by atoms with Crippen LogP contribution in [0.1, 0.15) is 26.7 Å². The average molecular weight is 160 g/mol. The van der Waals surface area contributed by atoms with E-state index in [1.807, 2.05) is 13.8 Å². The lowest BCUT2D eigenvalue weighted by molar-refractivity contribution is -0.146. The summed E-state index contributed by atoms with van der Waals surface area (Å²) in [5.74, 6) is -0.102. The van der Waals surface area contributed by atoms with Gasteiger partial charge in [0.15, 0.2) is 0 Å². The van der Waals surface area contributed by atoms with Gasteiger partial charge in [0.25, 0.3) is 0 Å². The first kappa shape index (κ1) is 7.92. The fraction of sp³-hybridized carbons (Fsp3) is 0.857. The van der Waals surface area contributed by atoms with Crippen LogP contribution in [0.4, 0.5) is 0 Å². The van der Waals surface area contributed by atoms with Gasteiger partial charge in [-0.2, -0.15) is 0 Å². The van der Waals surface area contributed by atoms with Crippen molar-refractivity contribution in [3.8, 4) is 0 Å². The number of carbonyl (C=O) groups is 1.